The lowest BCUT2D eigenvalue weighted by Gasteiger charge is -2.18. The van der Waals surface area contributed by atoms with Gasteiger partial charge in [0.2, 0.25) is 0 Å². The molecule has 6 nitrogen and oxygen atoms in total. The summed E-state index contributed by atoms with van der Waals surface area (Å²) in [6, 6.07) is 0. The van der Waals surface area contributed by atoms with E-state index < -0.39 is 6.10 Å². The van der Waals surface area contributed by atoms with Crippen LogP contribution in [0.2, 0.25) is 0 Å². The van der Waals surface area contributed by atoms with Gasteiger partial charge in [0.1, 0.15) is 13.2 Å². The van der Waals surface area contributed by atoms with Gasteiger partial charge in [-0.05, 0) is 141 Å². The first-order valence-corrected chi connectivity index (χ1v) is 30.3. The summed E-state index contributed by atoms with van der Waals surface area (Å²) in [6.45, 7) is 6.18. The zero-order chi connectivity index (χ0) is 55.7. The van der Waals surface area contributed by atoms with Crippen LogP contribution in [0.3, 0.4) is 0 Å². The number of esters is 3. The molecule has 0 spiro atoms. The molecule has 0 bridgehead atoms. The lowest BCUT2D eigenvalue weighted by molar-refractivity contribution is -0.166. The number of hydrogen-bond donors (Lipinski definition) is 0. The molecule has 0 aliphatic heterocycles. The van der Waals surface area contributed by atoms with Crippen molar-refractivity contribution in [3.63, 3.8) is 0 Å². The number of hydrogen-bond acceptors (Lipinski definition) is 6. The second-order valence-corrected chi connectivity index (χ2v) is 19.1. The lowest BCUT2D eigenvalue weighted by atomic mass is 10.1. The molecular formula is C71H108O6. The minimum atomic E-state index is -0.839. The third-order valence-electron chi connectivity index (χ3n) is 11.9. The highest BCUT2D eigenvalue weighted by Gasteiger charge is 2.19. The first kappa shape index (κ1) is 71.5. The van der Waals surface area contributed by atoms with Crippen molar-refractivity contribution in [3.8, 4) is 0 Å². The van der Waals surface area contributed by atoms with Gasteiger partial charge >= 0.3 is 17.9 Å². The molecule has 0 N–H and O–H groups in total. The molecule has 6 heteroatoms. The molecule has 0 radical (unpaired) electrons. The molecule has 1 atom stereocenters. The van der Waals surface area contributed by atoms with Gasteiger partial charge in [0.25, 0.3) is 0 Å². The monoisotopic (exact) mass is 1060 g/mol. The Bertz CT molecular complexity index is 1840. The lowest BCUT2D eigenvalue weighted by Crippen LogP contribution is -2.30. The van der Waals surface area contributed by atoms with E-state index in [0.29, 0.717) is 19.3 Å². The number of ether oxygens (including phenoxy) is 3. The molecule has 0 aliphatic rings. The molecule has 0 amide bonds. The highest BCUT2D eigenvalue weighted by atomic mass is 16.6. The van der Waals surface area contributed by atoms with Crippen LogP contribution in [-0.2, 0) is 28.6 Å². The molecule has 0 heterocycles. The van der Waals surface area contributed by atoms with Gasteiger partial charge in [0.05, 0.1) is 0 Å². The second kappa shape index (κ2) is 63.0. The summed E-state index contributed by atoms with van der Waals surface area (Å²) in [5.41, 5.74) is 0. The maximum atomic E-state index is 12.9. The fourth-order valence-electron chi connectivity index (χ4n) is 7.48. The van der Waals surface area contributed by atoms with E-state index in [-0.39, 0.29) is 44.0 Å². The van der Waals surface area contributed by atoms with E-state index in [0.717, 1.165) is 141 Å². The van der Waals surface area contributed by atoms with Crippen molar-refractivity contribution >= 4 is 17.9 Å². The molecule has 428 valence electrons. The average Bonchev–Trinajstić information content (AvgIpc) is 3.43. The molecule has 0 aromatic rings. The van der Waals surface area contributed by atoms with E-state index in [1.54, 1.807) is 0 Å². The van der Waals surface area contributed by atoms with E-state index >= 15 is 0 Å². The molecule has 0 aromatic heterocycles. The Hall–Kier alpha value is -5.49. The van der Waals surface area contributed by atoms with E-state index in [9.17, 15) is 14.4 Å². The Labute approximate surface area is 472 Å². The molecule has 0 rings (SSSR count). The van der Waals surface area contributed by atoms with E-state index in [1.807, 2.05) is 12.2 Å². The van der Waals surface area contributed by atoms with Gasteiger partial charge < -0.3 is 14.2 Å². The summed E-state index contributed by atoms with van der Waals surface area (Å²) >= 11 is 0. The van der Waals surface area contributed by atoms with Gasteiger partial charge in [0, 0.05) is 19.3 Å². The fourth-order valence-corrected chi connectivity index (χ4v) is 7.48. The van der Waals surface area contributed by atoms with Gasteiger partial charge in [-0.2, -0.15) is 0 Å². The molecule has 1 unspecified atom stereocenters. The third-order valence-corrected chi connectivity index (χ3v) is 11.9. The van der Waals surface area contributed by atoms with Crippen LogP contribution in [0.15, 0.2) is 182 Å². The summed E-state index contributed by atoms with van der Waals surface area (Å²) in [4.78, 5) is 38.2. The number of carbonyl (C=O) groups excluding carboxylic acids is 3. The average molecular weight is 1060 g/mol. The predicted molar refractivity (Wildman–Crippen MR) is 334 cm³/mol. The Balaban J connectivity index is 4.48. The Morgan fingerprint density at radius 1 is 0.260 bits per heavy atom. The Kier molecular flexibility index (Phi) is 58.6. The number of unbranched alkanes of at least 4 members (excludes halogenated alkanes) is 11. The summed E-state index contributed by atoms with van der Waals surface area (Å²) in [5.74, 6) is -1.06. The quantitative estimate of drug-likeness (QED) is 0.0261. The van der Waals surface area contributed by atoms with Crippen LogP contribution >= 0.6 is 0 Å². The normalized spacial score (nSPS) is 13.4. The number of allylic oxidation sites excluding steroid dienone is 30. The number of carbonyl (C=O) groups is 3. The molecule has 0 aliphatic carbocycles. The van der Waals surface area contributed by atoms with Crippen LogP contribution in [0.1, 0.15) is 226 Å². The Morgan fingerprint density at radius 2 is 0.494 bits per heavy atom. The van der Waals surface area contributed by atoms with Crippen molar-refractivity contribution in [2.45, 2.75) is 232 Å². The van der Waals surface area contributed by atoms with Crippen LogP contribution in [0.5, 0.6) is 0 Å². The second-order valence-electron chi connectivity index (χ2n) is 19.1. The molecule has 0 aromatic carbocycles. The maximum Gasteiger partial charge on any atom is 0.306 e. The van der Waals surface area contributed by atoms with Crippen molar-refractivity contribution in [1.29, 1.82) is 0 Å². The highest BCUT2D eigenvalue weighted by molar-refractivity contribution is 5.71. The summed E-state index contributed by atoms with van der Waals surface area (Å²) in [5, 5.41) is 0. The first-order chi connectivity index (χ1) is 38.0. The summed E-state index contributed by atoms with van der Waals surface area (Å²) in [6.07, 6.45) is 94.8. The standard InChI is InChI=1S/C71H108O6/c1-4-7-10-13-16-19-22-25-27-29-31-32-33-34-35-36-37-38-40-41-43-46-49-52-55-58-61-64-70(73)76-67-68(66-75-69(72)63-60-57-54-51-48-45-24-21-18-15-12-9-6-3)77-71(74)65-62-59-56-53-50-47-44-42-39-30-28-26-23-20-17-14-11-8-5-2/h7-12,16-21,25-28,31-32,34-35,37-39,42,45,47-48,50,54,57,68H,4-6,13-15,22-24,29-30,33,36,40-41,43-44,46,49,51-53,55-56,58-67H2,1-3H3/b10-7-,11-8-,12-9-,19-16-,20-17-,21-18-,27-25-,28-26-,32-31-,35-34-,38-37-,42-39-,48-45-,50-47-,57-54-. The summed E-state index contributed by atoms with van der Waals surface area (Å²) < 4.78 is 16.8. The van der Waals surface area contributed by atoms with Gasteiger partial charge in [-0.25, -0.2) is 0 Å². The Morgan fingerprint density at radius 3 is 0.818 bits per heavy atom. The van der Waals surface area contributed by atoms with Crippen LogP contribution in [0.4, 0.5) is 0 Å². The van der Waals surface area contributed by atoms with Crippen LogP contribution < -0.4 is 0 Å². The van der Waals surface area contributed by atoms with E-state index in [2.05, 4.69) is 191 Å². The van der Waals surface area contributed by atoms with E-state index in [4.69, 9.17) is 14.2 Å². The topological polar surface area (TPSA) is 78.9 Å². The molecule has 0 saturated carbocycles. The third kappa shape index (κ3) is 61.2. The van der Waals surface area contributed by atoms with Crippen LogP contribution in [0.25, 0.3) is 0 Å². The molecular weight excluding hydrogens is 949 g/mol. The molecule has 77 heavy (non-hydrogen) atoms. The zero-order valence-corrected chi connectivity index (χ0v) is 48.9. The van der Waals surface area contributed by atoms with Gasteiger partial charge in [-0.3, -0.25) is 14.4 Å². The van der Waals surface area contributed by atoms with Crippen LogP contribution in [-0.4, -0.2) is 37.2 Å². The van der Waals surface area contributed by atoms with Gasteiger partial charge in [0.15, 0.2) is 6.10 Å². The SMILES string of the molecule is CC/C=C\C/C=C\C/C=C\C/C=C\C/C=C\C/C=C\CCCCCCCCCCC(=O)OCC(COC(=O)CC/C=C\C/C=C\C/C=C\C/C=C\CC)OC(=O)CCCCC/C=C\C/C=C\C/C=C\C/C=C\C/C=C\CC. The van der Waals surface area contributed by atoms with Crippen LogP contribution in [0, 0.1) is 0 Å². The maximum absolute atomic E-state index is 12.9. The van der Waals surface area contributed by atoms with Crippen molar-refractivity contribution in [1.82, 2.24) is 0 Å². The molecule has 0 saturated heterocycles. The first-order valence-electron chi connectivity index (χ1n) is 30.3. The van der Waals surface area contributed by atoms with Gasteiger partial charge in [-0.1, -0.05) is 248 Å². The molecule has 0 fully saturated rings. The zero-order valence-electron chi connectivity index (χ0n) is 48.9. The number of rotatable bonds is 52. The predicted octanol–water partition coefficient (Wildman–Crippen LogP) is 20.9. The summed E-state index contributed by atoms with van der Waals surface area (Å²) in [7, 11) is 0. The van der Waals surface area contributed by atoms with E-state index in [1.165, 1.54) is 32.1 Å². The smallest absolute Gasteiger partial charge is 0.306 e. The van der Waals surface area contributed by atoms with Crippen molar-refractivity contribution in [2.24, 2.45) is 0 Å². The van der Waals surface area contributed by atoms with Crippen molar-refractivity contribution in [3.05, 3.63) is 182 Å². The highest BCUT2D eigenvalue weighted by Crippen LogP contribution is 2.13. The van der Waals surface area contributed by atoms with Gasteiger partial charge in [-0.15, -0.1) is 0 Å². The van der Waals surface area contributed by atoms with Crippen molar-refractivity contribution in [2.75, 3.05) is 13.2 Å². The minimum Gasteiger partial charge on any atom is -0.462 e. The van der Waals surface area contributed by atoms with Crippen molar-refractivity contribution < 1.29 is 28.6 Å². The fraction of sp³-hybridized carbons (Fsp3) is 0.535. The minimum absolute atomic E-state index is 0.128. The largest absolute Gasteiger partial charge is 0.462 e.